The molecule has 0 atom stereocenters. The molecule has 0 saturated heterocycles. The van der Waals surface area contributed by atoms with Gasteiger partial charge in [-0.15, -0.1) is 0 Å². The molecule has 0 spiro atoms. The Bertz CT molecular complexity index is 2660. The summed E-state index contributed by atoms with van der Waals surface area (Å²) in [4.78, 5) is 9.86. The van der Waals surface area contributed by atoms with Crippen molar-refractivity contribution < 1.29 is 6.85 Å². The topological polar surface area (TPSA) is 30.7 Å². The largest absolute Gasteiger partial charge is 0.294 e. The Balaban J connectivity index is 1.30. The lowest BCUT2D eigenvalue weighted by atomic mass is 9.60. The fourth-order valence-electron chi connectivity index (χ4n) is 7.75. The minimum atomic E-state index is -0.451. The lowest BCUT2D eigenvalue weighted by molar-refractivity contribution is 0.761. The molecule has 2 aromatic heterocycles. The van der Waals surface area contributed by atoms with Crippen molar-refractivity contribution in [2.45, 2.75) is 11.8 Å². The average Bonchev–Trinajstić information content (AvgIpc) is 3.51. The smallest absolute Gasteiger partial charge is 0.162 e. The molecule has 0 radical (unpaired) electrons. The summed E-state index contributed by atoms with van der Waals surface area (Å²) in [6.45, 7) is 0. The SMILES string of the molecule is [2H]c1c([2H])c([2H])c(-c2nc(-c3ccccc3)cc(-n3c4ccccc4c4c5c(ccc43)C3c4ccccc4C5c4ccccc43)n2)c([2H])c1[2H]. The van der Waals surface area contributed by atoms with E-state index in [4.69, 9.17) is 16.8 Å². The van der Waals surface area contributed by atoms with Crippen LogP contribution in [0.2, 0.25) is 0 Å². The first-order valence-electron chi connectivity index (χ1n) is 17.7. The highest BCUT2D eigenvalue weighted by molar-refractivity contribution is 6.12. The van der Waals surface area contributed by atoms with Gasteiger partial charge in [-0.3, -0.25) is 4.57 Å². The van der Waals surface area contributed by atoms with Gasteiger partial charge in [-0.1, -0.05) is 133 Å². The normalized spacial score (nSPS) is 17.6. The lowest BCUT2D eigenvalue weighted by Crippen LogP contribution is -2.27. The van der Waals surface area contributed by atoms with E-state index >= 15 is 0 Å². The van der Waals surface area contributed by atoms with Crippen molar-refractivity contribution in [3.8, 4) is 28.5 Å². The molecule has 11 rings (SSSR count). The molecule has 0 unspecified atom stereocenters. The summed E-state index contributed by atoms with van der Waals surface area (Å²) in [5.41, 5.74) is 11.3. The Morgan fingerprint density at radius 1 is 0.533 bits per heavy atom. The minimum Gasteiger partial charge on any atom is -0.294 e. The second-order valence-electron chi connectivity index (χ2n) is 11.7. The molecule has 3 aliphatic rings. The molecule has 3 heteroatoms. The van der Waals surface area contributed by atoms with Crippen LogP contribution in [0, 0.1) is 0 Å². The molecule has 3 nitrogen and oxygen atoms in total. The molecule has 210 valence electrons. The van der Waals surface area contributed by atoms with Crippen molar-refractivity contribution in [1.29, 1.82) is 0 Å². The highest BCUT2D eigenvalue weighted by atomic mass is 15.1. The van der Waals surface area contributed by atoms with E-state index < -0.39 is 18.1 Å². The van der Waals surface area contributed by atoms with Crippen LogP contribution in [0.1, 0.15) is 52.1 Å². The van der Waals surface area contributed by atoms with Crippen molar-refractivity contribution in [2.24, 2.45) is 0 Å². The van der Waals surface area contributed by atoms with Gasteiger partial charge < -0.3 is 0 Å². The first-order valence-corrected chi connectivity index (χ1v) is 15.2. The van der Waals surface area contributed by atoms with Crippen molar-refractivity contribution in [3.05, 3.63) is 185 Å². The van der Waals surface area contributed by atoms with Crippen LogP contribution in [-0.2, 0) is 0 Å². The fraction of sp³-hybridized carbons (Fsp3) is 0.0476. The number of nitrogens with zero attached hydrogens (tertiary/aromatic N) is 3. The Hall–Kier alpha value is -5.80. The summed E-state index contributed by atoms with van der Waals surface area (Å²) in [5, 5.41) is 2.27. The molecule has 0 saturated carbocycles. The molecule has 0 amide bonds. The Morgan fingerprint density at radius 2 is 1.18 bits per heavy atom. The molecule has 2 bridgehead atoms. The minimum absolute atomic E-state index is 0.0290. The van der Waals surface area contributed by atoms with Crippen LogP contribution in [0.15, 0.2) is 152 Å². The Labute approximate surface area is 268 Å². The first kappa shape index (κ1) is 20.2. The highest BCUT2D eigenvalue weighted by Crippen LogP contribution is 2.58. The van der Waals surface area contributed by atoms with E-state index in [2.05, 4.69) is 83.4 Å². The summed E-state index contributed by atoms with van der Waals surface area (Å²) in [6, 6.07) is 40.1. The molecular weight excluding hydrogens is 546 g/mol. The Morgan fingerprint density at radius 3 is 1.91 bits per heavy atom. The number of fused-ring (bicyclic) bond motifs is 3. The van der Waals surface area contributed by atoms with Gasteiger partial charge in [0.25, 0.3) is 0 Å². The molecule has 3 aliphatic carbocycles. The first-order chi connectivity index (χ1) is 24.4. The van der Waals surface area contributed by atoms with Gasteiger partial charge >= 0.3 is 0 Å². The average molecular weight is 579 g/mol. The Kier molecular flexibility index (Phi) is 4.20. The number of hydrogen-bond donors (Lipinski definition) is 0. The van der Waals surface area contributed by atoms with E-state index in [1.54, 1.807) is 0 Å². The van der Waals surface area contributed by atoms with Crippen molar-refractivity contribution >= 4 is 21.8 Å². The second kappa shape index (κ2) is 9.35. The highest BCUT2D eigenvalue weighted by Gasteiger charge is 2.42. The number of benzene rings is 6. The summed E-state index contributed by atoms with van der Waals surface area (Å²) >= 11 is 0. The molecule has 45 heavy (non-hydrogen) atoms. The van der Waals surface area contributed by atoms with Crippen LogP contribution in [0.5, 0.6) is 0 Å². The van der Waals surface area contributed by atoms with E-state index in [0.717, 1.165) is 22.0 Å². The maximum Gasteiger partial charge on any atom is 0.162 e. The van der Waals surface area contributed by atoms with E-state index in [1.807, 2.05) is 42.5 Å². The van der Waals surface area contributed by atoms with Gasteiger partial charge in [-0.2, -0.15) is 0 Å². The maximum atomic E-state index is 8.77. The predicted octanol–water partition coefficient (Wildman–Crippen LogP) is 9.89. The van der Waals surface area contributed by atoms with E-state index in [0.29, 0.717) is 11.5 Å². The third kappa shape index (κ3) is 3.46. The van der Waals surface area contributed by atoms with E-state index in [-0.39, 0.29) is 35.3 Å². The summed E-state index contributed by atoms with van der Waals surface area (Å²) in [6.07, 6.45) is 0. The number of aromatic nitrogens is 3. The molecule has 6 aromatic carbocycles. The van der Waals surface area contributed by atoms with Crippen LogP contribution in [0.4, 0.5) is 0 Å². The quantitative estimate of drug-likeness (QED) is 0.209. The summed E-state index contributed by atoms with van der Waals surface area (Å²) in [5.74, 6) is 0.823. The van der Waals surface area contributed by atoms with Crippen LogP contribution in [-0.4, -0.2) is 14.5 Å². The van der Waals surface area contributed by atoms with Crippen molar-refractivity contribution in [2.75, 3.05) is 0 Å². The second-order valence-corrected chi connectivity index (χ2v) is 11.7. The third-order valence-electron chi connectivity index (χ3n) is 9.48. The zero-order chi connectivity index (χ0) is 33.8. The van der Waals surface area contributed by atoms with Crippen LogP contribution in [0.25, 0.3) is 50.3 Å². The van der Waals surface area contributed by atoms with Gasteiger partial charge in [0, 0.05) is 39.8 Å². The monoisotopic (exact) mass is 578 g/mol. The number of rotatable bonds is 3. The standard InChI is InChI=1S/C42H27N3/c1-3-13-26(14-4-1)34-25-37(44-42(43-34)27-15-5-2-6-16-27)45-35-22-12-11-21-32(35)40-36(45)24-23-33-38-28-17-7-9-19-30(28)39(41(33)40)31-20-10-8-18-29(31)38/h1-25,38-39H/i2D,5D,6D,15D,16D. The summed E-state index contributed by atoms with van der Waals surface area (Å²) < 4.78 is 44.6. The molecule has 8 aromatic rings. The van der Waals surface area contributed by atoms with Crippen LogP contribution < -0.4 is 0 Å². The third-order valence-corrected chi connectivity index (χ3v) is 9.48. The molecular formula is C42H27N3. The van der Waals surface area contributed by atoms with E-state index in [9.17, 15) is 0 Å². The van der Waals surface area contributed by atoms with Gasteiger partial charge in [0.1, 0.15) is 5.82 Å². The van der Waals surface area contributed by atoms with Gasteiger partial charge in [-0.05, 0) is 45.5 Å². The zero-order valence-corrected chi connectivity index (χ0v) is 24.0. The maximum absolute atomic E-state index is 8.77. The molecule has 0 N–H and O–H groups in total. The van der Waals surface area contributed by atoms with Crippen LogP contribution >= 0.6 is 0 Å². The zero-order valence-electron chi connectivity index (χ0n) is 29.0. The molecule has 0 fully saturated rings. The molecule has 2 heterocycles. The lowest BCUT2D eigenvalue weighted by Gasteiger charge is -2.42. The predicted molar refractivity (Wildman–Crippen MR) is 182 cm³/mol. The van der Waals surface area contributed by atoms with E-state index in [1.165, 1.54) is 38.8 Å². The van der Waals surface area contributed by atoms with Crippen LogP contribution in [0.3, 0.4) is 0 Å². The van der Waals surface area contributed by atoms with Crippen molar-refractivity contribution in [3.63, 3.8) is 0 Å². The molecule has 0 aliphatic heterocycles. The van der Waals surface area contributed by atoms with Gasteiger partial charge in [0.15, 0.2) is 5.82 Å². The number of para-hydroxylation sites is 1. The van der Waals surface area contributed by atoms with Gasteiger partial charge in [0.05, 0.1) is 23.6 Å². The fourth-order valence-corrected chi connectivity index (χ4v) is 7.75. The van der Waals surface area contributed by atoms with Gasteiger partial charge in [0.2, 0.25) is 0 Å². The van der Waals surface area contributed by atoms with Crippen molar-refractivity contribution in [1.82, 2.24) is 14.5 Å². The summed E-state index contributed by atoms with van der Waals surface area (Å²) in [7, 11) is 0. The number of hydrogen-bond acceptors (Lipinski definition) is 2. The van der Waals surface area contributed by atoms with Gasteiger partial charge in [-0.25, -0.2) is 9.97 Å².